The minimum Gasteiger partial charge on any atom is -0.494 e. The van der Waals surface area contributed by atoms with Crippen molar-refractivity contribution in [2.45, 2.75) is 6.42 Å². The van der Waals surface area contributed by atoms with Crippen LogP contribution in [0.3, 0.4) is 0 Å². The standard InChI is InChI=1S/C17H23N3O3/c1-19(14-17(21)20-8-11-22-12-9-20)7-2-10-23-16-5-3-15(13-18)4-6-16/h3-6H,2,7-12,14H2,1H3. The van der Waals surface area contributed by atoms with Crippen molar-refractivity contribution in [2.75, 3.05) is 53.0 Å². The van der Waals surface area contributed by atoms with Gasteiger partial charge in [0, 0.05) is 19.6 Å². The Morgan fingerprint density at radius 1 is 1.35 bits per heavy atom. The molecule has 0 spiro atoms. The van der Waals surface area contributed by atoms with Crippen LogP contribution >= 0.6 is 0 Å². The van der Waals surface area contributed by atoms with Crippen LogP contribution in [0.25, 0.3) is 0 Å². The fraction of sp³-hybridized carbons (Fsp3) is 0.529. The predicted octanol–water partition coefficient (Wildman–Crippen LogP) is 1.12. The number of hydrogen-bond acceptors (Lipinski definition) is 5. The Bertz CT molecular complexity index is 533. The molecule has 1 aliphatic heterocycles. The average molecular weight is 317 g/mol. The second-order valence-electron chi connectivity index (χ2n) is 5.57. The highest BCUT2D eigenvalue weighted by Gasteiger charge is 2.17. The van der Waals surface area contributed by atoms with E-state index in [1.54, 1.807) is 24.3 Å². The normalized spacial score (nSPS) is 14.6. The van der Waals surface area contributed by atoms with Crippen molar-refractivity contribution >= 4 is 5.91 Å². The van der Waals surface area contributed by atoms with Gasteiger partial charge in [0.2, 0.25) is 5.91 Å². The third-order valence-corrected chi connectivity index (χ3v) is 3.71. The summed E-state index contributed by atoms with van der Waals surface area (Å²) in [5.74, 6) is 0.917. The summed E-state index contributed by atoms with van der Waals surface area (Å²) in [6, 6.07) is 9.14. The van der Waals surface area contributed by atoms with Crippen molar-refractivity contribution in [3.8, 4) is 11.8 Å². The molecule has 2 rings (SSSR count). The van der Waals surface area contributed by atoms with E-state index in [1.165, 1.54) is 0 Å². The van der Waals surface area contributed by atoms with E-state index < -0.39 is 0 Å². The van der Waals surface area contributed by atoms with Gasteiger partial charge in [-0.1, -0.05) is 0 Å². The third kappa shape index (κ3) is 5.89. The quantitative estimate of drug-likeness (QED) is 0.705. The van der Waals surface area contributed by atoms with Crippen LogP contribution in [-0.4, -0.2) is 68.8 Å². The van der Waals surface area contributed by atoms with E-state index in [0.29, 0.717) is 45.0 Å². The van der Waals surface area contributed by atoms with Crippen LogP contribution in [0.5, 0.6) is 5.75 Å². The Morgan fingerprint density at radius 2 is 2.04 bits per heavy atom. The SMILES string of the molecule is CN(CCCOc1ccc(C#N)cc1)CC(=O)N1CCOCC1. The van der Waals surface area contributed by atoms with Gasteiger partial charge in [-0.2, -0.15) is 5.26 Å². The highest BCUT2D eigenvalue weighted by atomic mass is 16.5. The minimum absolute atomic E-state index is 0.156. The summed E-state index contributed by atoms with van der Waals surface area (Å²) in [5.41, 5.74) is 0.624. The van der Waals surface area contributed by atoms with Gasteiger partial charge in [0.15, 0.2) is 0 Å². The number of nitrogens with zero attached hydrogens (tertiary/aromatic N) is 3. The molecule has 0 aliphatic carbocycles. The predicted molar refractivity (Wildman–Crippen MR) is 86.2 cm³/mol. The van der Waals surface area contributed by atoms with Crippen molar-refractivity contribution in [3.63, 3.8) is 0 Å². The van der Waals surface area contributed by atoms with E-state index in [2.05, 4.69) is 6.07 Å². The Kier molecular flexibility index (Phi) is 6.85. The van der Waals surface area contributed by atoms with Crippen LogP contribution in [-0.2, 0) is 9.53 Å². The van der Waals surface area contributed by atoms with Gasteiger partial charge in [0.05, 0.1) is 38.0 Å². The number of benzene rings is 1. The first-order valence-electron chi connectivity index (χ1n) is 7.86. The van der Waals surface area contributed by atoms with E-state index in [4.69, 9.17) is 14.7 Å². The maximum Gasteiger partial charge on any atom is 0.236 e. The van der Waals surface area contributed by atoms with Gasteiger partial charge in [-0.15, -0.1) is 0 Å². The Hall–Kier alpha value is -2.10. The third-order valence-electron chi connectivity index (χ3n) is 3.71. The molecule has 0 N–H and O–H groups in total. The molecule has 1 saturated heterocycles. The van der Waals surface area contributed by atoms with Crippen molar-refractivity contribution in [3.05, 3.63) is 29.8 Å². The summed E-state index contributed by atoms with van der Waals surface area (Å²) in [6.07, 6.45) is 0.840. The fourth-order valence-corrected chi connectivity index (χ4v) is 2.37. The molecular formula is C17H23N3O3. The lowest BCUT2D eigenvalue weighted by Crippen LogP contribution is -2.45. The second-order valence-corrected chi connectivity index (χ2v) is 5.57. The molecule has 1 amide bonds. The Labute approximate surface area is 137 Å². The van der Waals surface area contributed by atoms with Crippen molar-refractivity contribution in [1.29, 1.82) is 5.26 Å². The highest BCUT2D eigenvalue weighted by Crippen LogP contribution is 2.11. The van der Waals surface area contributed by atoms with Crippen molar-refractivity contribution in [2.24, 2.45) is 0 Å². The van der Waals surface area contributed by atoms with Crippen LogP contribution in [0, 0.1) is 11.3 Å². The number of carbonyl (C=O) groups excluding carboxylic acids is 1. The molecule has 6 heteroatoms. The lowest BCUT2D eigenvalue weighted by molar-refractivity contribution is -0.136. The first-order chi connectivity index (χ1) is 11.2. The number of nitriles is 1. The summed E-state index contributed by atoms with van der Waals surface area (Å²) in [6.45, 7) is 4.45. The summed E-state index contributed by atoms with van der Waals surface area (Å²) >= 11 is 0. The molecule has 0 aromatic heterocycles. The molecule has 23 heavy (non-hydrogen) atoms. The first-order valence-corrected chi connectivity index (χ1v) is 7.86. The summed E-state index contributed by atoms with van der Waals surface area (Å²) in [5, 5.41) is 8.74. The fourth-order valence-electron chi connectivity index (χ4n) is 2.37. The van der Waals surface area contributed by atoms with Gasteiger partial charge in [-0.25, -0.2) is 0 Å². The summed E-state index contributed by atoms with van der Waals surface area (Å²) < 4.78 is 10.9. The van der Waals surface area contributed by atoms with E-state index in [0.717, 1.165) is 18.7 Å². The average Bonchev–Trinajstić information content (AvgIpc) is 2.60. The number of rotatable bonds is 7. The minimum atomic E-state index is 0.156. The van der Waals surface area contributed by atoms with Crippen LogP contribution in [0.15, 0.2) is 24.3 Å². The molecule has 0 bridgehead atoms. The molecule has 6 nitrogen and oxygen atoms in total. The zero-order valence-corrected chi connectivity index (χ0v) is 13.5. The molecule has 0 unspecified atom stereocenters. The lowest BCUT2D eigenvalue weighted by Gasteiger charge is -2.28. The van der Waals surface area contributed by atoms with Gasteiger partial charge >= 0.3 is 0 Å². The van der Waals surface area contributed by atoms with Gasteiger partial charge < -0.3 is 14.4 Å². The number of hydrogen-bond donors (Lipinski definition) is 0. The van der Waals surface area contributed by atoms with Gasteiger partial charge in [-0.3, -0.25) is 9.69 Å². The maximum atomic E-state index is 12.1. The number of amides is 1. The summed E-state index contributed by atoms with van der Waals surface area (Å²) in [7, 11) is 1.94. The molecule has 0 saturated carbocycles. The molecule has 1 aromatic rings. The van der Waals surface area contributed by atoms with Gasteiger partial charge in [0.25, 0.3) is 0 Å². The van der Waals surface area contributed by atoms with Crippen LogP contribution < -0.4 is 4.74 Å². The lowest BCUT2D eigenvalue weighted by atomic mass is 10.2. The van der Waals surface area contributed by atoms with Crippen LogP contribution in [0.2, 0.25) is 0 Å². The number of ether oxygens (including phenoxy) is 2. The van der Waals surface area contributed by atoms with E-state index >= 15 is 0 Å². The van der Waals surface area contributed by atoms with Crippen LogP contribution in [0.1, 0.15) is 12.0 Å². The maximum absolute atomic E-state index is 12.1. The molecule has 124 valence electrons. The monoisotopic (exact) mass is 317 g/mol. The zero-order valence-electron chi connectivity index (χ0n) is 13.5. The molecule has 1 fully saturated rings. The van der Waals surface area contributed by atoms with Crippen molar-refractivity contribution in [1.82, 2.24) is 9.80 Å². The second kappa shape index (κ2) is 9.13. The topological polar surface area (TPSA) is 65.8 Å². The summed E-state index contributed by atoms with van der Waals surface area (Å²) in [4.78, 5) is 16.0. The first kappa shape index (κ1) is 17.3. The largest absolute Gasteiger partial charge is 0.494 e. The number of likely N-dealkylation sites (N-methyl/N-ethyl adjacent to an activating group) is 1. The Balaban J connectivity index is 1.61. The highest BCUT2D eigenvalue weighted by molar-refractivity contribution is 5.78. The molecule has 1 aromatic carbocycles. The molecule has 1 heterocycles. The molecule has 1 aliphatic rings. The number of carbonyl (C=O) groups is 1. The van der Waals surface area contributed by atoms with Crippen LogP contribution in [0.4, 0.5) is 0 Å². The van der Waals surface area contributed by atoms with E-state index in [-0.39, 0.29) is 5.91 Å². The van der Waals surface area contributed by atoms with E-state index in [9.17, 15) is 4.79 Å². The molecule has 0 atom stereocenters. The number of morpholine rings is 1. The molecule has 0 radical (unpaired) electrons. The smallest absolute Gasteiger partial charge is 0.236 e. The molecular weight excluding hydrogens is 294 g/mol. The van der Waals surface area contributed by atoms with E-state index in [1.807, 2.05) is 16.8 Å². The van der Waals surface area contributed by atoms with Crippen molar-refractivity contribution < 1.29 is 14.3 Å². The zero-order chi connectivity index (χ0) is 16.5. The Morgan fingerprint density at radius 3 is 2.70 bits per heavy atom. The van der Waals surface area contributed by atoms with Gasteiger partial charge in [0.1, 0.15) is 5.75 Å². The van der Waals surface area contributed by atoms with Gasteiger partial charge in [-0.05, 0) is 37.7 Å².